The molecule has 0 radical (unpaired) electrons. The van der Waals surface area contributed by atoms with Crippen molar-refractivity contribution in [3.8, 4) is 5.75 Å². The fourth-order valence-electron chi connectivity index (χ4n) is 4.62. The van der Waals surface area contributed by atoms with Crippen LogP contribution in [0.1, 0.15) is 55.6 Å². The molecule has 5 nitrogen and oxygen atoms in total. The fourth-order valence-corrected chi connectivity index (χ4v) is 4.62. The molecule has 1 aromatic heterocycles. The minimum absolute atomic E-state index is 0.102. The van der Waals surface area contributed by atoms with E-state index in [1.165, 1.54) is 16.7 Å². The SMILES string of the molecule is CCCc1ncc(CN2Cc3cc(C)ccc3OC3(CCN(CC)CC3)C2)cn1. The molecule has 1 aromatic carbocycles. The summed E-state index contributed by atoms with van der Waals surface area (Å²) in [4.78, 5) is 14.2. The number of aryl methyl sites for hydroxylation is 2. The van der Waals surface area contributed by atoms with Crippen molar-refractivity contribution in [3.63, 3.8) is 0 Å². The largest absolute Gasteiger partial charge is 0.486 e. The molecule has 2 aliphatic rings. The maximum Gasteiger partial charge on any atom is 0.128 e. The molecule has 0 aliphatic carbocycles. The van der Waals surface area contributed by atoms with E-state index in [4.69, 9.17) is 4.74 Å². The Morgan fingerprint density at radius 1 is 1.07 bits per heavy atom. The number of likely N-dealkylation sites (tertiary alicyclic amines) is 1. The Labute approximate surface area is 175 Å². The Kier molecular flexibility index (Phi) is 6.16. The molecule has 0 atom stereocenters. The van der Waals surface area contributed by atoms with Crippen LogP contribution in [0, 0.1) is 6.92 Å². The van der Waals surface area contributed by atoms with Gasteiger partial charge in [-0.1, -0.05) is 31.5 Å². The van der Waals surface area contributed by atoms with E-state index >= 15 is 0 Å². The second-order valence-electron chi connectivity index (χ2n) is 8.73. The van der Waals surface area contributed by atoms with Crippen molar-refractivity contribution in [2.75, 3.05) is 26.2 Å². The highest BCUT2D eigenvalue weighted by Crippen LogP contribution is 2.36. The lowest BCUT2D eigenvalue weighted by Gasteiger charge is -2.42. The summed E-state index contributed by atoms with van der Waals surface area (Å²) < 4.78 is 6.75. The first-order valence-electron chi connectivity index (χ1n) is 11.1. The molecular formula is C24H34N4O. The zero-order valence-corrected chi connectivity index (χ0v) is 18.2. The lowest BCUT2D eigenvalue weighted by Crippen LogP contribution is -2.53. The lowest BCUT2D eigenvalue weighted by molar-refractivity contribution is -0.0186. The molecule has 1 spiro atoms. The van der Waals surface area contributed by atoms with Gasteiger partial charge in [0.2, 0.25) is 0 Å². The third kappa shape index (κ3) is 4.78. The highest BCUT2D eigenvalue weighted by Gasteiger charge is 2.40. The van der Waals surface area contributed by atoms with Crippen molar-refractivity contribution in [3.05, 3.63) is 53.1 Å². The molecule has 29 heavy (non-hydrogen) atoms. The van der Waals surface area contributed by atoms with Gasteiger partial charge in [-0.25, -0.2) is 9.97 Å². The van der Waals surface area contributed by atoms with Gasteiger partial charge in [-0.2, -0.15) is 0 Å². The molecule has 0 unspecified atom stereocenters. The summed E-state index contributed by atoms with van der Waals surface area (Å²) in [6, 6.07) is 6.62. The average Bonchev–Trinajstić information content (AvgIpc) is 2.86. The van der Waals surface area contributed by atoms with Crippen molar-refractivity contribution in [1.82, 2.24) is 19.8 Å². The van der Waals surface area contributed by atoms with E-state index in [0.29, 0.717) is 0 Å². The van der Waals surface area contributed by atoms with E-state index in [-0.39, 0.29) is 5.60 Å². The standard InChI is InChI=1S/C24H34N4O/c1-4-6-23-25-14-20(15-26-23)16-28-17-21-13-19(3)7-8-22(21)29-24(18-28)9-11-27(5-2)12-10-24/h7-8,13-15H,4-6,9-12,16-18H2,1-3H3. The average molecular weight is 395 g/mol. The number of fused-ring (bicyclic) bond motifs is 1. The molecule has 1 fully saturated rings. The molecule has 0 amide bonds. The van der Waals surface area contributed by atoms with Gasteiger partial charge in [0, 0.05) is 75.5 Å². The predicted octanol–water partition coefficient (Wildman–Crippen LogP) is 3.99. The van der Waals surface area contributed by atoms with Crippen LogP contribution in [0.5, 0.6) is 5.75 Å². The van der Waals surface area contributed by atoms with Crippen molar-refractivity contribution >= 4 is 0 Å². The highest BCUT2D eigenvalue weighted by atomic mass is 16.5. The van der Waals surface area contributed by atoms with Crippen molar-refractivity contribution in [1.29, 1.82) is 0 Å². The molecule has 156 valence electrons. The second-order valence-corrected chi connectivity index (χ2v) is 8.73. The Morgan fingerprint density at radius 3 is 2.52 bits per heavy atom. The molecule has 0 bridgehead atoms. The summed E-state index contributed by atoms with van der Waals surface area (Å²) in [5.41, 5.74) is 3.66. The van der Waals surface area contributed by atoms with Crippen LogP contribution in [-0.2, 0) is 19.5 Å². The fraction of sp³-hybridized carbons (Fsp3) is 0.583. The monoisotopic (exact) mass is 394 g/mol. The first kappa shape index (κ1) is 20.3. The zero-order chi connectivity index (χ0) is 20.3. The molecule has 4 rings (SSSR count). The van der Waals surface area contributed by atoms with Crippen LogP contribution >= 0.6 is 0 Å². The Balaban J connectivity index is 1.57. The first-order valence-corrected chi connectivity index (χ1v) is 11.1. The summed E-state index contributed by atoms with van der Waals surface area (Å²) >= 11 is 0. The number of rotatable bonds is 5. The first-order chi connectivity index (χ1) is 14.1. The summed E-state index contributed by atoms with van der Waals surface area (Å²) in [5, 5.41) is 0. The van der Waals surface area contributed by atoms with Crippen LogP contribution in [0.4, 0.5) is 0 Å². The van der Waals surface area contributed by atoms with Crippen LogP contribution < -0.4 is 4.74 Å². The smallest absolute Gasteiger partial charge is 0.128 e. The van der Waals surface area contributed by atoms with Crippen molar-refractivity contribution < 1.29 is 4.74 Å². The van der Waals surface area contributed by atoms with E-state index in [9.17, 15) is 0 Å². The van der Waals surface area contributed by atoms with Crippen molar-refractivity contribution in [2.24, 2.45) is 0 Å². The molecule has 1 saturated heterocycles. The number of ether oxygens (including phenoxy) is 1. The van der Waals surface area contributed by atoms with Gasteiger partial charge in [-0.15, -0.1) is 0 Å². The molecule has 3 heterocycles. The van der Waals surface area contributed by atoms with Gasteiger partial charge in [0.05, 0.1) is 0 Å². The Bertz CT molecular complexity index is 812. The molecule has 5 heteroatoms. The van der Waals surface area contributed by atoms with Crippen LogP contribution in [0.3, 0.4) is 0 Å². The minimum Gasteiger partial charge on any atom is -0.486 e. The van der Waals surface area contributed by atoms with Gasteiger partial charge in [0.25, 0.3) is 0 Å². The van der Waals surface area contributed by atoms with E-state index < -0.39 is 0 Å². The molecular weight excluding hydrogens is 360 g/mol. The highest BCUT2D eigenvalue weighted by molar-refractivity contribution is 5.38. The predicted molar refractivity (Wildman–Crippen MR) is 116 cm³/mol. The van der Waals surface area contributed by atoms with E-state index in [1.807, 2.05) is 12.4 Å². The van der Waals surface area contributed by atoms with Gasteiger partial charge < -0.3 is 9.64 Å². The Hall–Kier alpha value is -1.98. The summed E-state index contributed by atoms with van der Waals surface area (Å²) in [6.45, 7) is 12.6. The number of hydrogen-bond donors (Lipinski definition) is 0. The molecule has 0 saturated carbocycles. The number of benzene rings is 1. The quantitative estimate of drug-likeness (QED) is 0.767. The number of nitrogens with zero attached hydrogens (tertiary/aromatic N) is 4. The lowest BCUT2D eigenvalue weighted by atomic mass is 9.90. The van der Waals surface area contributed by atoms with Gasteiger partial charge in [-0.3, -0.25) is 4.90 Å². The molecule has 0 N–H and O–H groups in total. The second kappa shape index (κ2) is 8.80. The molecule has 2 aliphatic heterocycles. The topological polar surface area (TPSA) is 41.5 Å². The summed E-state index contributed by atoms with van der Waals surface area (Å²) in [7, 11) is 0. The summed E-state index contributed by atoms with van der Waals surface area (Å²) in [5.74, 6) is 2.01. The minimum atomic E-state index is -0.102. The number of aromatic nitrogens is 2. The van der Waals surface area contributed by atoms with Crippen LogP contribution in [0.2, 0.25) is 0 Å². The maximum atomic E-state index is 6.75. The summed E-state index contributed by atoms with van der Waals surface area (Å²) in [6.07, 6.45) is 8.20. The number of piperidine rings is 1. The van der Waals surface area contributed by atoms with Gasteiger partial charge in [0.1, 0.15) is 17.2 Å². The van der Waals surface area contributed by atoms with Gasteiger partial charge >= 0.3 is 0 Å². The number of hydrogen-bond acceptors (Lipinski definition) is 5. The van der Waals surface area contributed by atoms with Crippen LogP contribution in [0.25, 0.3) is 0 Å². The van der Waals surface area contributed by atoms with E-state index in [2.05, 4.69) is 58.7 Å². The normalized spacial score (nSPS) is 19.6. The Morgan fingerprint density at radius 2 is 1.83 bits per heavy atom. The zero-order valence-electron chi connectivity index (χ0n) is 18.2. The van der Waals surface area contributed by atoms with Gasteiger partial charge in [0.15, 0.2) is 0 Å². The third-order valence-electron chi connectivity index (χ3n) is 6.30. The van der Waals surface area contributed by atoms with Crippen LogP contribution in [-0.4, -0.2) is 51.5 Å². The van der Waals surface area contributed by atoms with Crippen LogP contribution in [0.15, 0.2) is 30.6 Å². The maximum absolute atomic E-state index is 6.75. The van der Waals surface area contributed by atoms with Gasteiger partial charge in [-0.05, 0) is 26.0 Å². The van der Waals surface area contributed by atoms with Crippen molar-refractivity contribution in [2.45, 2.75) is 65.1 Å². The third-order valence-corrected chi connectivity index (χ3v) is 6.30. The molecule has 2 aromatic rings. The van der Waals surface area contributed by atoms with E-state index in [1.54, 1.807) is 0 Å². The van der Waals surface area contributed by atoms with E-state index in [0.717, 1.165) is 76.5 Å².